The van der Waals surface area contributed by atoms with Gasteiger partial charge in [0.15, 0.2) is 0 Å². The maximum absolute atomic E-state index is 5.21. The predicted octanol–water partition coefficient (Wildman–Crippen LogP) is 0.697. The Morgan fingerprint density at radius 1 is 1.38 bits per heavy atom. The molecule has 0 aromatic carbocycles. The van der Waals surface area contributed by atoms with Gasteiger partial charge in [0, 0.05) is 12.4 Å². The van der Waals surface area contributed by atoms with Crippen LogP contribution in [0, 0.1) is 0 Å². The monoisotopic (exact) mass is 224 g/mol. The van der Waals surface area contributed by atoms with Gasteiger partial charge in [-0.15, -0.1) is 0 Å². The number of hydrogen-bond acceptors (Lipinski definition) is 5. The first-order chi connectivity index (χ1) is 7.69. The molecule has 1 atom stereocenters. The van der Waals surface area contributed by atoms with E-state index in [-0.39, 0.29) is 6.04 Å². The van der Waals surface area contributed by atoms with Gasteiger partial charge >= 0.3 is 0 Å². The van der Waals surface area contributed by atoms with Gasteiger partial charge in [0.1, 0.15) is 5.69 Å². The fourth-order valence-electron chi connectivity index (χ4n) is 1.54. The van der Waals surface area contributed by atoms with Crippen LogP contribution in [-0.2, 0) is 0 Å². The first-order valence-electron chi connectivity index (χ1n) is 5.36. The summed E-state index contributed by atoms with van der Waals surface area (Å²) >= 11 is 0. The number of aromatic nitrogens is 2. The van der Waals surface area contributed by atoms with Crippen molar-refractivity contribution in [2.24, 2.45) is 0 Å². The van der Waals surface area contributed by atoms with Gasteiger partial charge < -0.3 is 15.0 Å². The molecule has 1 aromatic heterocycles. The van der Waals surface area contributed by atoms with E-state index < -0.39 is 0 Å². The van der Waals surface area contributed by atoms with Crippen LogP contribution in [0.25, 0.3) is 0 Å². The molecule has 0 aliphatic rings. The molecule has 90 valence electrons. The van der Waals surface area contributed by atoms with Crippen LogP contribution in [0.3, 0.4) is 0 Å². The van der Waals surface area contributed by atoms with E-state index in [9.17, 15) is 0 Å². The van der Waals surface area contributed by atoms with Gasteiger partial charge in [0.05, 0.1) is 13.2 Å². The highest BCUT2D eigenvalue weighted by Gasteiger charge is 2.16. The minimum absolute atomic E-state index is 0.172. The molecule has 1 heterocycles. The Morgan fingerprint density at radius 2 is 2.06 bits per heavy atom. The summed E-state index contributed by atoms with van der Waals surface area (Å²) < 4.78 is 5.21. The summed E-state index contributed by atoms with van der Waals surface area (Å²) in [5, 5.41) is 3.24. The molecule has 0 radical (unpaired) electrons. The van der Waals surface area contributed by atoms with Gasteiger partial charge in [-0.05, 0) is 34.1 Å². The smallest absolute Gasteiger partial charge is 0.236 e. The van der Waals surface area contributed by atoms with E-state index in [0.29, 0.717) is 5.88 Å². The van der Waals surface area contributed by atoms with Crippen LogP contribution >= 0.6 is 0 Å². The first kappa shape index (κ1) is 12.9. The summed E-state index contributed by atoms with van der Waals surface area (Å²) in [7, 11) is 7.65. The van der Waals surface area contributed by atoms with E-state index in [1.165, 1.54) is 0 Å². The van der Waals surface area contributed by atoms with Crippen molar-refractivity contribution in [2.45, 2.75) is 12.5 Å². The highest BCUT2D eigenvalue weighted by molar-refractivity contribution is 5.21. The number of nitrogens with one attached hydrogen (secondary N) is 1. The molecule has 1 aromatic rings. The molecule has 0 spiro atoms. The molecule has 5 heteroatoms. The van der Waals surface area contributed by atoms with Gasteiger partial charge in [-0.3, -0.25) is 4.98 Å². The van der Waals surface area contributed by atoms with E-state index in [0.717, 1.165) is 18.7 Å². The summed E-state index contributed by atoms with van der Waals surface area (Å²) in [6.45, 7) is 0.991. The molecule has 1 unspecified atom stereocenters. The Balaban J connectivity index is 2.77. The maximum Gasteiger partial charge on any atom is 0.236 e. The van der Waals surface area contributed by atoms with E-state index in [4.69, 9.17) is 4.74 Å². The van der Waals surface area contributed by atoms with Crippen molar-refractivity contribution in [1.29, 1.82) is 0 Å². The lowest BCUT2D eigenvalue weighted by molar-refractivity contribution is 0.347. The summed E-state index contributed by atoms with van der Waals surface area (Å²) in [4.78, 5) is 10.6. The molecular formula is C11H20N4O. The van der Waals surface area contributed by atoms with E-state index in [1.54, 1.807) is 19.5 Å². The third-order valence-corrected chi connectivity index (χ3v) is 2.43. The summed E-state index contributed by atoms with van der Waals surface area (Å²) in [5.74, 6) is 0.598. The van der Waals surface area contributed by atoms with Crippen molar-refractivity contribution in [3.63, 3.8) is 0 Å². The number of ether oxygens (including phenoxy) is 1. The molecule has 0 aliphatic heterocycles. The van der Waals surface area contributed by atoms with Gasteiger partial charge in [-0.2, -0.15) is 0 Å². The summed E-state index contributed by atoms with van der Waals surface area (Å²) in [5.41, 5.74) is 0.870. The Hall–Kier alpha value is -1.20. The van der Waals surface area contributed by atoms with E-state index >= 15 is 0 Å². The normalized spacial score (nSPS) is 12.8. The molecular weight excluding hydrogens is 204 g/mol. The second kappa shape index (κ2) is 6.40. The number of nitrogens with zero attached hydrogens (tertiary/aromatic N) is 3. The van der Waals surface area contributed by atoms with Crippen molar-refractivity contribution < 1.29 is 4.74 Å². The number of hydrogen-bond donors (Lipinski definition) is 1. The zero-order valence-corrected chi connectivity index (χ0v) is 10.4. The predicted molar refractivity (Wildman–Crippen MR) is 63.6 cm³/mol. The Morgan fingerprint density at radius 3 is 2.62 bits per heavy atom. The fourth-order valence-corrected chi connectivity index (χ4v) is 1.54. The minimum Gasteiger partial charge on any atom is -0.480 e. The Bertz CT molecular complexity index is 317. The Kier molecular flexibility index (Phi) is 5.14. The third kappa shape index (κ3) is 3.43. The molecule has 1 N–H and O–H groups in total. The van der Waals surface area contributed by atoms with Crippen LogP contribution in [0.5, 0.6) is 5.88 Å². The van der Waals surface area contributed by atoms with Crippen LogP contribution in [0.15, 0.2) is 12.4 Å². The highest BCUT2D eigenvalue weighted by Crippen LogP contribution is 2.21. The minimum atomic E-state index is 0.172. The van der Waals surface area contributed by atoms with Crippen LogP contribution in [0.4, 0.5) is 0 Å². The van der Waals surface area contributed by atoms with Crippen LogP contribution < -0.4 is 10.1 Å². The van der Waals surface area contributed by atoms with Crippen molar-refractivity contribution in [2.75, 3.05) is 34.8 Å². The van der Waals surface area contributed by atoms with Crippen LogP contribution in [-0.4, -0.2) is 49.7 Å². The summed E-state index contributed by atoms with van der Waals surface area (Å²) in [6.07, 6.45) is 4.30. The number of methoxy groups -OCH3 is 1. The lowest BCUT2D eigenvalue weighted by atomic mass is 10.1. The first-order valence-corrected chi connectivity index (χ1v) is 5.36. The second-order valence-electron chi connectivity index (χ2n) is 3.88. The van der Waals surface area contributed by atoms with E-state index in [1.807, 2.05) is 7.05 Å². The van der Waals surface area contributed by atoms with Crippen molar-refractivity contribution in [3.8, 4) is 5.88 Å². The molecule has 0 amide bonds. The fraction of sp³-hybridized carbons (Fsp3) is 0.636. The van der Waals surface area contributed by atoms with Gasteiger partial charge in [-0.1, -0.05) is 0 Å². The zero-order chi connectivity index (χ0) is 12.0. The van der Waals surface area contributed by atoms with Crippen molar-refractivity contribution >= 4 is 0 Å². The SMILES string of the molecule is CNC(CCN(C)C)c1nccnc1OC. The third-order valence-electron chi connectivity index (χ3n) is 2.43. The molecule has 0 bridgehead atoms. The average Bonchev–Trinajstić information content (AvgIpc) is 2.30. The largest absolute Gasteiger partial charge is 0.480 e. The standard InChI is InChI=1S/C11H20N4O/c1-12-9(5-8-15(2)3)10-11(16-4)14-7-6-13-10/h6-7,9,12H,5,8H2,1-4H3. The van der Waals surface area contributed by atoms with Crippen LogP contribution in [0.2, 0.25) is 0 Å². The number of rotatable bonds is 6. The molecule has 5 nitrogen and oxygen atoms in total. The van der Waals surface area contributed by atoms with Gasteiger partial charge in [-0.25, -0.2) is 4.98 Å². The van der Waals surface area contributed by atoms with Crippen molar-refractivity contribution in [3.05, 3.63) is 18.1 Å². The quantitative estimate of drug-likeness (QED) is 0.770. The molecule has 0 fully saturated rings. The van der Waals surface area contributed by atoms with Crippen LogP contribution in [0.1, 0.15) is 18.2 Å². The average molecular weight is 224 g/mol. The molecule has 16 heavy (non-hydrogen) atoms. The summed E-state index contributed by atoms with van der Waals surface area (Å²) in [6, 6.07) is 0.172. The zero-order valence-electron chi connectivity index (χ0n) is 10.4. The van der Waals surface area contributed by atoms with E-state index in [2.05, 4.69) is 34.3 Å². The lowest BCUT2D eigenvalue weighted by Crippen LogP contribution is -2.24. The molecule has 1 rings (SSSR count). The highest BCUT2D eigenvalue weighted by atomic mass is 16.5. The molecule has 0 saturated heterocycles. The van der Waals surface area contributed by atoms with Gasteiger partial charge in [0.25, 0.3) is 0 Å². The molecule has 0 aliphatic carbocycles. The van der Waals surface area contributed by atoms with Gasteiger partial charge in [0.2, 0.25) is 5.88 Å². The lowest BCUT2D eigenvalue weighted by Gasteiger charge is -2.19. The van der Waals surface area contributed by atoms with Crippen molar-refractivity contribution in [1.82, 2.24) is 20.2 Å². The second-order valence-corrected chi connectivity index (χ2v) is 3.88. The molecule has 0 saturated carbocycles. The topological polar surface area (TPSA) is 50.3 Å². The maximum atomic E-state index is 5.21. The Labute approximate surface area is 96.8 Å².